The number of halogens is 2. The third-order valence-electron chi connectivity index (χ3n) is 3.36. The second-order valence-electron chi connectivity index (χ2n) is 5.30. The van der Waals surface area contributed by atoms with Crippen LogP contribution in [0, 0.1) is 15.9 Å². The molecule has 28 heavy (non-hydrogen) atoms. The average molecular weight is 409 g/mol. The molecule has 0 spiro atoms. The summed E-state index contributed by atoms with van der Waals surface area (Å²) in [5.41, 5.74) is -0.0928. The highest BCUT2D eigenvalue weighted by atomic mass is 35.5. The van der Waals surface area contributed by atoms with Crippen LogP contribution in [-0.4, -0.2) is 30.5 Å². The molecule has 0 heterocycles. The van der Waals surface area contributed by atoms with Gasteiger partial charge < -0.3 is 14.8 Å². The zero-order valence-electron chi connectivity index (χ0n) is 14.5. The van der Waals surface area contributed by atoms with Gasteiger partial charge in [-0.05, 0) is 35.9 Å². The number of hydrogen-bond donors (Lipinski definition) is 1. The predicted molar refractivity (Wildman–Crippen MR) is 99.7 cm³/mol. The molecular formula is C18H14ClFN2O6. The Morgan fingerprint density at radius 2 is 2.04 bits per heavy atom. The first kappa shape index (κ1) is 20.8. The standard InChI is InChI=1S/C18H14ClFN2O6/c1-27-16-6-2-11(8-13(16)20)3-7-18(24)28-10-17(23)21-14-5-4-12(19)9-15(14)22(25)26/h2-9H,10H2,1H3,(H,21,23)/b7-3+. The van der Waals surface area contributed by atoms with Crippen molar-refractivity contribution in [1.82, 2.24) is 0 Å². The van der Waals surface area contributed by atoms with Gasteiger partial charge in [-0.1, -0.05) is 17.7 Å². The molecule has 146 valence electrons. The Hall–Kier alpha value is -3.46. The molecule has 8 nitrogen and oxygen atoms in total. The molecule has 0 saturated heterocycles. The Morgan fingerprint density at radius 1 is 1.29 bits per heavy atom. The summed E-state index contributed by atoms with van der Waals surface area (Å²) in [7, 11) is 1.33. The van der Waals surface area contributed by atoms with Gasteiger partial charge in [0.25, 0.3) is 11.6 Å². The van der Waals surface area contributed by atoms with Gasteiger partial charge in [0.2, 0.25) is 0 Å². The molecule has 2 aromatic rings. The van der Waals surface area contributed by atoms with Gasteiger partial charge in [-0.2, -0.15) is 0 Å². The number of nitrogens with one attached hydrogen (secondary N) is 1. The molecule has 2 aromatic carbocycles. The van der Waals surface area contributed by atoms with E-state index in [0.717, 1.165) is 18.2 Å². The molecule has 0 aliphatic carbocycles. The molecule has 0 aromatic heterocycles. The van der Waals surface area contributed by atoms with E-state index < -0.39 is 34.9 Å². The van der Waals surface area contributed by atoms with Gasteiger partial charge >= 0.3 is 5.97 Å². The topological polar surface area (TPSA) is 108 Å². The maximum Gasteiger partial charge on any atom is 0.331 e. The minimum Gasteiger partial charge on any atom is -0.494 e. The van der Waals surface area contributed by atoms with E-state index in [1.165, 1.54) is 37.5 Å². The zero-order valence-corrected chi connectivity index (χ0v) is 15.2. The summed E-state index contributed by atoms with van der Waals surface area (Å²) < 4.78 is 23.1. The molecule has 10 heteroatoms. The van der Waals surface area contributed by atoms with Crippen molar-refractivity contribution in [3.63, 3.8) is 0 Å². The maximum absolute atomic E-state index is 13.6. The number of carbonyl (C=O) groups is 2. The first-order chi connectivity index (χ1) is 13.3. The van der Waals surface area contributed by atoms with E-state index in [4.69, 9.17) is 21.1 Å². The SMILES string of the molecule is COc1ccc(/C=C/C(=O)OCC(=O)Nc2ccc(Cl)cc2[N+](=O)[O-])cc1F. The summed E-state index contributed by atoms with van der Waals surface area (Å²) >= 11 is 5.69. The Kier molecular flexibility index (Phi) is 7.05. The van der Waals surface area contributed by atoms with Crippen LogP contribution in [0.2, 0.25) is 5.02 Å². The number of nitrogens with zero attached hydrogens (tertiary/aromatic N) is 1. The number of ether oxygens (including phenoxy) is 2. The van der Waals surface area contributed by atoms with Crippen LogP contribution < -0.4 is 10.1 Å². The summed E-state index contributed by atoms with van der Waals surface area (Å²) in [6.45, 7) is -0.667. The number of rotatable bonds is 7. The van der Waals surface area contributed by atoms with Gasteiger partial charge in [0.1, 0.15) is 5.69 Å². The quantitative estimate of drug-likeness (QED) is 0.324. The number of benzene rings is 2. The third kappa shape index (κ3) is 5.78. The Bertz CT molecular complexity index is 948. The predicted octanol–water partition coefficient (Wildman–Crippen LogP) is 3.59. The largest absolute Gasteiger partial charge is 0.494 e. The maximum atomic E-state index is 13.6. The third-order valence-corrected chi connectivity index (χ3v) is 3.60. The fraction of sp³-hybridized carbons (Fsp3) is 0.111. The molecule has 0 unspecified atom stereocenters. The molecular weight excluding hydrogens is 395 g/mol. The molecule has 1 N–H and O–H groups in total. The van der Waals surface area contributed by atoms with E-state index in [2.05, 4.69) is 5.32 Å². The number of esters is 1. The van der Waals surface area contributed by atoms with Crippen molar-refractivity contribution in [2.75, 3.05) is 19.0 Å². The number of amides is 1. The highest BCUT2D eigenvalue weighted by Crippen LogP contribution is 2.27. The minimum absolute atomic E-state index is 0.0627. The van der Waals surface area contributed by atoms with E-state index in [-0.39, 0.29) is 16.5 Å². The van der Waals surface area contributed by atoms with E-state index in [1.54, 1.807) is 0 Å². The second-order valence-corrected chi connectivity index (χ2v) is 5.74. The molecule has 0 aliphatic rings. The number of nitro benzene ring substituents is 1. The first-order valence-electron chi connectivity index (χ1n) is 7.72. The van der Waals surface area contributed by atoms with E-state index in [9.17, 15) is 24.1 Å². The van der Waals surface area contributed by atoms with Crippen molar-refractivity contribution in [1.29, 1.82) is 0 Å². The molecule has 0 atom stereocenters. The lowest BCUT2D eigenvalue weighted by Gasteiger charge is -2.06. The highest BCUT2D eigenvalue weighted by molar-refractivity contribution is 6.31. The van der Waals surface area contributed by atoms with Gasteiger partial charge in [0.05, 0.1) is 12.0 Å². The van der Waals surface area contributed by atoms with Crippen molar-refractivity contribution in [3.05, 3.63) is 69.0 Å². The number of nitro groups is 1. The summed E-state index contributed by atoms with van der Waals surface area (Å²) in [6, 6.07) is 7.80. The summed E-state index contributed by atoms with van der Waals surface area (Å²) in [5.74, 6) is -2.16. The van der Waals surface area contributed by atoms with Crippen molar-refractivity contribution < 1.29 is 28.4 Å². The molecule has 0 saturated carbocycles. The summed E-state index contributed by atoms with van der Waals surface area (Å²) in [4.78, 5) is 33.8. The lowest BCUT2D eigenvalue weighted by molar-refractivity contribution is -0.383. The van der Waals surface area contributed by atoms with Gasteiger partial charge in [-0.25, -0.2) is 9.18 Å². The fourth-order valence-corrected chi connectivity index (χ4v) is 2.25. The minimum atomic E-state index is -0.850. The highest BCUT2D eigenvalue weighted by Gasteiger charge is 2.17. The van der Waals surface area contributed by atoms with Crippen LogP contribution in [0.5, 0.6) is 5.75 Å². The molecule has 0 radical (unpaired) electrons. The normalized spacial score (nSPS) is 10.5. The average Bonchev–Trinajstić information content (AvgIpc) is 2.66. The smallest absolute Gasteiger partial charge is 0.331 e. The van der Waals surface area contributed by atoms with E-state index >= 15 is 0 Å². The van der Waals surface area contributed by atoms with Crippen molar-refractivity contribution >= 4 is 40.9 Å². The lowest BCUT2D eigenvalue weighted by Crippen LogP contribution is -2.20. The van der Waals surface area contributed by atoms with Crippen LogP contribution in [0.25, 0.3) is 6.08 Å². The van der Waals surface area contributed by atoms with Crippen LogP contribution in [0.3, 0.4) is 0 Å². The number of carbonyl (C=O) groups excluding carboxylic acids is 2. The Balaban J connectivity index is 1.91. The Labute approximate surface area is 163 Å². The van der Waals surface area contributed by atoms with Gasteiger partial charge in [0.15, 0.2) is 18.2 Å². The fourth-order valence-electron chi connectivity index (χ4n) is 2.08. The van der Waals surface area contributed by atoms with Crippen LogP contribution in [0.4, 0.5) is 15.8 Å². The van der Waals surface area contributed by atoms with Crippen molar-refractivity contribution in [2.24, 2.45) is 0 Å². The van der Waals surface area contributed by atoms with Gasteiger partial charge in [0, 0.05) is 17.2 Å². The molecule has 0 fully saturated rings. The van der Waals surface area contributed by atoms with E-state index in [1.807, 2.05) is 0 Å². The van der Waals surface area contributed by atoms with Crippen LogP contribution in [0.15, 0.2) is 42.5 Å². The summed E-state index contributed by atoms with van der Waals surface area (Å²) in [6.07, 6.45) is 2.31. The van der Waals surface area contributed by atoms with Gasteiger partial charge in [-0.15, -0.1) is 0 Å². The van der Waals surface area contributed by atoms with E-state index in [0.29, 0.717) is 5.56 Å². The lowest BCUT2D eigenvalue weighted by atomic mass is 10.2. The van der Waals surface area contributed by atoms with Crippen LogP contribution in [0.1, 0.15) is 5.56 Å². The number of anilines is 1. The van der Waals surface area contributed by atoms with Crippen LogP contribution in [-0.2, 0) is 14.3 Å². The van der Waals surface area contributed by atoms with Crippen LogP contribution >= 0.6 is 11.6 Å². The van der Waals surface area contributed by atoms with Crippen molar-refractivity contribution in [2.45, 2.75) is 0 Å². The number of methoxy groups -OCH3 is 1. The molecule has 2 rings (SSSR count). The second kappa shape index (κ2) is 9.47. The van der Waals surface area contributed by atoms with Gasteiger partial charge in [-0.3, -0.25) is 14.9 Å². The molecule has 0 aliphatic heterocycles. The monoisotopic (exact) mass is 408 g/mol. The van der Waals surface area contributed by atoms with Crippen molar-refractivity contribution in [3.8, 4) is 5.75 Å². The Morgan fingerprint density at radius 3 is 2.68 bits per heavy atom. The summed E-state index contributed by atoms with van der Waals surface area (Å²) in [5, 5.41) is 13.4. The molecule has 0 bridgehead atoms. The zero-order chi connectivity index (χ0) is 20.7. The number of hydrogen-bond acceptors (Lipinski definition) is 6. The first-order valence-corrected chi connectivity index (χ1v) is 8.10. The molecule has 1 amide bonds.